The number of halogens is 2. The highest BCUT2D eigenvalue weighted by atomic mass is 35.5. The lowest BCUT2D eigenvalue weighted by atomic mass is 10.0. The van der Waals surface area contributed by atoms with Crippen LogP contribution in [0.25, 0.3) is 0 Å². The Morgan fingerprint density at radius 1 is 1.16 bits per heavy atom. The van der Waals surface area contributed by atoms with Crippen LogP contribution in [0, 0.1) is 0 Å². The Labute approximate surface area is 158 Å². The van der Waals surface area contributed by atoms with Gasteiger partial charge in [0.25, 0.3) is 0 Å². The summed E-state index contributed by atoms with van der Waals surface area (Å²) in [6.45, 7) is 3.02. The van der Waals surface area contributed by atoms with Gasteiger partial charge in [-0.15, -0.1) is 0 Å². The molecular weight excluding hydrogens is 357 g/mol. The fourth-order valence-electron chi connectivity index (χ4n) is 3.10. The van der Waals surface area contributed by atoms with Crippen LogP contribution in [0.5, 0.6) is 0 Å². The van der Waals surface area contributed by atoms with E-state index in [0.29, 0.717) is 22.3 Å². The minimum atomic E-state index is -0.0743. The summed E-state index contributed by atoms with van der Waals surface area (Å²) < 4.78 is 0. The molecule has 132 valence electrons. The van der Waals surface area contributed by atoms with Crippen molar-refractivity contribution in [1.82, 2.24) is 9.80 Å². The van der Waals surface area contributed by atoms with Crippen LogP contribution in [-0.4, -0.2) is 48.9 Å². The average molecular weight is 378 g/mol. The van der Waals surface area contributed by atoms with Crippen LogP contribution < -0.4 is 5.32 Å². The zero-order valence-corrected chi connectivity index (χ0v) is 15.6. The van der Waals surface area contributed by atoms with E-state index < -0.39 is 0 Å². The molecule has 0 aromatic heterocycles. The third-order valence-corrected chi connectivity index (χ3v) is 4.98. The highest BCUT2D eigenvalue weighted by Crippen LogP contribution is 2.27. The third-order valence-electron chi connectivity index (χ3n) is 4.43. The minimum Gasteiger partial charge on any atom is -0.324 e. The summed E-state index contributed by atoms with van der Waals surface area (Å²) >= 11 is 12.0. The third kappa shape index (κ3) is 4.73. The smallest absolute Gasteiger partial charge is 0.238 e. The molecule has 1 aliphatic rings. The Hall–Kier alpha value is -1.59. The maximum atomic E-state index is 12.5. The summed E-state index contributed by atoms with van der Waals surface area (Å²) in [5.74, 6) is -0.0743. The number of anilines is 1. The van der Waals surface area contributed by atoms with Crippen LogP contribution in [0.4, 0.5) is 5.69 Å². The minimum absolute atomic E-state index is 0.0743. The van der Waals surface area contributed by atoms with Crippen molar-refractivity contribution in [2.24, 2.45) is 0 Å². The van der Waals surface area contributed by atoms with Gasteiger partial charge < -0.3 is 10.2 Å². The van der Waals surface area contributed by atoms with E-state index in [1.165, 1.54) is 5.56 Å². The van der Waals surface area contributed by atoms with E-state index in [-0.39, 0.29) is 11.9 Å². The number of hydrogen-bond donors (Lipinski definition) is 1. The van der Waals surface area contributed by atoms with Gasteiger partial charge in [-0.2, -0.15) is 0 Å². The van der Waals surface area contributed by atoms with E-state index in [2.05, 4.69) is 34.3 Å². The number of carbonyl (C=O) groups is 1. The molecule has 6 heteroatoms. The molecule has 1 aliphatic heterocycles. The molecule has 1 N–H and O–H groups in total. The Bertz CT molecular complexity index is 739. The molecule has 4 nitrogen and oxygen atoms in total. The molecule has 25 heavy (non-hydrogen) atoms. The van der Waals surface area contributed by atoms with E-state index in [0.717, 1.165) is 19.6 Å². The standard InChI is InChI=1S/C19H21Cl2N3O/c1-23-9-10-24(18(12-23)14-5-3-2-4-6-14)13-19(25)22-17-8-7-15(20)11-16(17)21/h2-8,11,18H,9-10,12-13H2,1H3,(H,22,25). The second-order valence-electron chi connectivity index (χ2n) is 6.33. The van der Waals surface area contributed by atoms with Crippen LogP contribution >= 0.6 is 23.2 Å². The summed E-state index contributed by atoms with van der Waals surface area (Å²) in [5, 5.41) is 3.87. The van der Waals surface area contributed by atoms with Crippen molar-refractivity contribution in [3.63, 3.8) is 0 Å². The van der Waals surface area contributed by atoms with Crippen LogP contribution in [0.1, 0.15) is 11.6 Å². The fourth-order valence-corrected chi connectivity index (χ4v) is 3.56. The number of amides is 1. The molecule has 2 aromatic carbocycles. The number of rotatable bonds is 4. The number of likely N-dealkylation sites (N-methyl/N-ethyl adjacent to an activating group) is 1. The topological polar surface area (TPSA) is 35.6 Å². The Balaban J connectivity index is 1.70. The van der Waals surface area contributed by atoms with Crippen molar-refractivity contribution in [2.75, 3.05) is 38.5 Å². The van der Waals surface area contributed by atoms with Gasteiger partial charge in [0.15, 0.2) is 0 Å². The second kappa shape index (κ2) is 8.19. The van der Waals surface area contributed by atoms with E-state index in [1.807, 2.05) is 18.2 Å². The summed E-state index contributed by atoms with van der Waals surface area (Å²) in [4.78, 5) is 17.0. The number of carbonyl (C=O) groups excluding carboxylic acids is 1. The van der Waals surface area contributed by atoms with Crippen molar-refractivity contribution in [1.29, 1.82) is 0 Å². The summed E-state index contributed by atoms with van der Waals surface area (Å²) in [6.07, 6.45) is 0. The molecule has 0 radical (unpaired) electrons. The zero-order valence-electron chi connectivity index (χ0n) is 14.1. The van der Waals surface area contributed by atoms with Gasteiger partial charge in [-0.05, 0) is 30.8 Å². The molecule has 1 fully saturated rings. The Morgan fingerprint density at radius 3 is 2.64 bits per heavy atom. The molecule has 2 aromatic rings. The van der Waals surface area contributed by atoms with Gasteiger partial charge in [0.05, 0.1) is 17.3 Å². The van der Waals surface area contributed by atoms with Crippen LogP contribution in [0.2, 0.25) is 10.0 Å². The fraction of sp³-hybridized carbons (Fsp3) is 0.316. The van der Waals surface area contributed by atoms with Gasteiger partial charge in [0.2, 0.25) is 5.91 Å². The van der Waals surface area contributed by atoms with Gasteiger partial charge in [-0.25, -0.2) is 0 Å². The molecule has 1 atom stereocenters. The van der Waals surface area contributed by atoms with Crippen LogP contribution in [0.3, 0.4) is 0 Å². The van der Waals surface area contributed by atoms with E-state index in [9.17, 15) is 4.79 Å². The SMILES string of the molecule is CN1CCN(CC(=O)Nc2ccc(Cl)cc2Cl)C(c2ccccc2)C1. The molecule has 3 rings (SSSR count). The summed E-state index contributed by atoms with van der Waals surface area (Å²) in [5.41, 5.74) is 1.81. The lowest BCUT2D eigenvalue weighted by Crippen LogP contribution is -2.49. The molecule has 1 amide bonds. The quantitative estimate of drug-likeness (QED) is 0.876. The number of hydrogen-bond acceptors (Lipinski definition) is 3. The van der Waals surface area contributed by atoms with Gasteiger partial charge in [0.1, 0.15) is 0 Å². The highest BCUT2D eigenvalue weighted by molar-refractivity contribution is 6.36. The van der Waals surface area contributed by atoms with Crippen molar-refractivity contribution < 1.29 is 4.79 Å². The van der Waals surface area contributed by atoms with Crippen molar-refractivity contribution in [2.45, 2.75) is 6.04 Å². The van der Waals surface area contributed by atoms with Crippen LogP contribution in [-0.2, 0) is 4.79 Å². The largest absolute Gasteiger partial charge is 0.324 e. The number of nitrogens with zero attached hydrogens (tertiary/aromatic N) is 2. The molecule has 1 heterocycles. The molecule has 1 saturated heterocycles. The summed E-state index contributed by atoms with van der Waals surface area (Å²) in [7, 11) is 2.11. The van der Waals surface area contributed by atoms with Gasteiger partial charge in [-0.1, -0.05) is 53.5 Å². The molecular formula is C19H21Cl2N3O. The summed E-state index contributed by atoms with van der Waals surface area (Å²) in [6, 6.07) is 15.6. The Morgan fingerprint density at radius 2 is 1.92 bits per heavy atom. The first-order valence-electron chi connectivity index (χ1n) is 8.25. The first-order chi connectivity index (χ1) is 12.0. The molecule has 0 saturated carbocycles. The second-order valence-corrected chi connectivity index (χ2v) is 7.18. The highest BCUT2D eigenvalue weighted by Gasteiger charge is 2.28. The predicted octanol–water partition coefficient (Wildman–Crippen LogP) is 3.92. The molecule has 0 bridgehead atoms. The molecule has 0 spiro atoms. The molecule has 1 unspecified atom stereocenters. The number of benzene rings is 2. The lowest BCUT2D eigenvalue weighted by molar-refractivity contribution is -0.118. The van der Waals surface area contributed by atoms with E-state index >= 15 is 0 Å². The number of nitrogens with one attached hydrogen (secondary N) is 1. The Kier molecular flexibility index (Phi) is 5.97. The van der Waals surface area contributed by atoms with Crippen molar-refractivity contribution in [3.8, 4) is 0 Å². The van der Waals surface area contributed by atoms with E-state index in [4.69, 9.17) is 23.2 Å². The van der Waals surface area contributed by atoms with Crippen molar-refractivity contribution >= 4 is 34.8 Å². The zero-order chi connectivity index (χ0) is 17.8. The van der Waals surface area contributed by atoms with Gasteiger partial charge in [0, 0.05) is 30.7 Å². The monoisotopic (exact) mass is 377 g/mol. The predicted molar refractivity (Wildman–Crippen MR) is 103 cm³/mol. The first-order valence-corrected chi connectivity index (χ1v) is 9.01. The van der Waals surface area contributed by atoms with Crippen molar-refractivity contribution in [3.05, 3.63) is 64.1 Å². The maximum absolute atomic E-state index is 12.5. The first kappa shape index (κ1) is 18.2. The number of piperazine rings is 1. The molecule has 0 aliphatic carbocycles. The van der Waals surface area contributed by atoms with Gasteiger partial charge >= 0.3 is 0 Å². The maximum Gasteiger partial charge on any atom is 0.238 e. The van der Waals surface area contributed by atoms with E-state index in [1.54, 1.807) is 18.2 Å². The van der Waals surface area contributed by atoms with Gasteiger partial charge in [-0.3, -0.25) is 9.69 Å². The average Bonchev–Trinajstić information content (AvgIpc) is 2.60. The van der Waals surface area contributed by atoms with Crippen LogP contribution in [0.15, 0.2) is 48.5 Å². The lowest BCUT2D eigenvalue weighted by Gasteiger charge is -2.40. The normalized spacial score (nSPS) is 18.9.